The monoisotopic (exact) mass is 204 g/mol. The maximum absolute atomic E-state index is 8.44. The molecule has 0 spiro atoms. The van der Waals surface area contributed by atoms with Gasteiger partial charge in [0.1, 0.15) is 0 Å². The van der Waals surface area contributed by atoms with Gasteiger partial charge in [-0.15, -0.1) is 0 Å². The molecule has 56 valence electrons. The summed E-state index contributed by atoms with van der Waals surface area (Å²) in [6.45, 7) is 0. The summed E-state index contributed by atoms with van der Waals surface area (Å²) in [6, 6.07) is 0. The van der Waals surface area contributed by atoms with Crippen LogP contribution in [0, 0.1) is 0 Å². The summed E-state index contributed by atoms with van der Waals surface area (Å²) >= 11 is 0. The van der Waals surface area contributed by atoms with Crippen LogP contribution in [-0.4, -0.2) is 28.0 Å². The molecule has 0 saturated carbocycles. The topological polar surface area (TPSA) is 152 Å². The third-order valence-electron chi connectivity index (χ3n) is 0. The van der Waals surface area contributed by atoms with Gasteiger partial charge in [0.25, 0.3) is 0 Å². The molecule has 8 heteroatoms. The van der Waals surface area contributed by atoms with E-state index in [9.17, 15) is 0 Å². The summed E-state index contributed by atoms with van der Waals surface area (Å²) in [5.41, 5.74) is 0. The van der Waals surface area contributed by atoms with E-state index in [2.05, 4.69) is 0 Å². The summed E-state index contributed by atoms with van der Waals surface area (Å²) in [5, 5.41) is 30.6. The molecule has 7 nitrogen and oxygen atoms in total. The Morgan fingerprint density at radius 2 is 1.00 bits per heavy atom. The number of carboxylic acid groups (broad SMARTS) is 4. The van der Waals surface area contributed by atoms with E-state index >= 15 is 0 Å². The number of rotatable bonds is 0. The standard InChI is InChI=1S/2CH2O3.H2O.Zn/c2*2-1(3)4;;/h2*(H2,2,3,4);1H2;/q;;;+2/p-2. The Morgan fingerprint density at radius 3 is 1.00 bits per heavy atom. The first kappa shape index (κ1) is 22.9. The fourth-order valence-corrected chi connectivity index (χ4v) is 0. The molecule has 0 atom stereocenters. The van der Waals surface area contributed by atoms with E-state index in [1.54, 1.807) is 0 Å². The molecule has 0 aliphatic heterocycles. The molecule has 0 aromatic rings. The maximum atomic E-state index is 8.44. The van der Waals surface area contributed by atoms with Crippen LogP contribution < -0.4 is 10.2 Å². The van der Waals surface area contributed by atoms with Gasteiger partial charge in [-0.25, -0.2) is 0 Å². The van der Waals surface area contributed by atoms with Gasteiger partial charge in [0, 0.05) is 0 Å². The minimum atomic E-state index is -2.08. The van der Waals surface area contributed by atoms with Gasteiger partial charge in [0.2, 0.25) is 12.3 Å². The Bertz CT molecular complexity index is 69.6. The zero-order valence-corrected chi connectivity index (χ0v) is 7.70. The van der Waals surface area contributed by atoms with Crippen molar-refractivity contribution in [2.45, 2.75) is 0 Å². The summed E-state index contributed by atoms with van der Waals surface area (Å²) in [4.78, 5) is 16.9. The average molecular weight is 205 g/mol. The predicted octanol–water partition coefficient (Wildman–Crippen LogP) is -3.05. The second-order valence-electron chi connectivity index (χ2n) is 0.532. The van der Waals surface area contributed by atoms with Crippen molar-refractivity contribution in [2.75, 3.05) is 0 Å². The van der Waals surface area contributed by atoms with E-state index in [0.717, 1.165) is 0 Å². The van der Waals surface area contributed by atoms with Gasteiger partial charge in [-0.05, 0) is 0 Å². The third-order valence-corrected chi connectivity index (χ3v) is 0. The van der Waals surface area contributed by atoms with Crippen LogP contribution in [0.25, 0.3) is 0 Å². The molecule has 4 N–H and O–H groups in total. The molecule has 0 aromatic heterocycles. The molecule has 0 bridgehead atoms. The molecule has 0 aliphatic carbocycles. The second-order valence-corrected chi connectivity index (χ2v) is 0.532. The maximum Gasteiger partial charge on any atom is 2.00 e. The van der Waals surface area contributed by atoms with Crippen LogP contribution >= 0.6 is 0 Å². The summed E-state index contributed by atoms with van der Waals surface area (Å²) < 4.78 is 0. The summed E-state index contributed by atoms with van der Waals surface area (Å²) in [6.07, 6.45) is -4.17. The summed E-state index contributed by atoms with van der Waals surface area (Å²) in [7, 11) is 0. The molecular weight excluding hydrogens is 201 g/mol. The van der Waals surface area contributed by atoms with E-state index in [4.69, 9.17) is 30.0 Å². The SMILES string of the molecule is O.O=C([O-])O.O=C([O-])O.[Zn+2]. The van der Waals surface area contributed by atoms with Gasteiger partial charge in [0.05, 0.1) is 0 Å². The van der Waals surface area contributed by atoms with Gasteiger partial charge in [-0.3, -0.25) is 0 Å². The molecule has 0 heterocycles. The van der Waals surface area contributed by atoms with Gasteiger partial charge >= 0.3 is 19.5 Å². The van der Waals surface area contributed by atoms with Crippen LogP contribution in [0.3, 0.4) is 0 Å². The Hall–Kier alpha value is -0.877. The van der Waals surface area contributed by atoms with Crippen molar-refractivity contribution < 1.29 is 55.0 Å². The third kappa shape index (κ3) is 348. The molecule has 10 heavy (non-hydrogen) atoms. The van der Waals surface area contributed by atoms with Crippen molar-refractivity contribution in [3.8, 4) is 0 Å². The number of hydrogen-bond acceptors (Lipinski definition) is 4. The normalized spacial score (nSPS) is 4.80. The minimum absolute atomic E-state index is 0. The van der Waals surface area contributed by atoms with Crippen molar-refractivity contribution in [1.29, 1.82) is 0 Å². The first-order chi connectivity index (χ1) is 3.46. The Morgan fingerprint density at radius 1 is 1.00 bits per heavy atom. The van der Waals surface area contributed by atoms with Gasteiger partial charge in [0.15, 0.2) is 0 Å². The fraction of sp³-hybridized carbons (Fsp3) is 0. The Labute approximate surface area is 68.0 Å². The van der Waals surface area contributed by atoms with Crippen LogP contribution in [0.15, 0.2) is 0 Å². The summed E-state index contributed by atoms with van der Waals surface area (Å²) in [5.74, 6) is 0. The van der Waals surface area contributed by atoms with Crippen LogP contribution in [0.4, 0.5) is 9.59 Å². The zero-order valence-electron chi connectivity index (χ0n) is 4.73. The molecule has 0 amide bonds. The number of carbonyl (C=O) groups is 2. The molecule has 0 saturated heterocycles. The van der Waals surface area contributed by atoms with Crippen LogP contribution in [0.2, 0.25) is 0 Å². The number of hydrogen-bond donors (Lipinski definition) is 2. The zero-order chi connectivity index (χ0) is 7.15. The second kappa shape index (κ2) is 15.7. The molecular formula is C2H4O7Zn. The van der Waals surface area contributed by atoms with Crippen LogP contribution in [0.1, 0.15) is 0 Å². The van der Waals surface area contributed by atoms with E-state index in [1.807, 2.05) is 0 Å². The Kier molecular flexibility index (Phi) is 36.0. The van der Waals surface area contributed by atoms with E-state index in [-0.39, 0.29) is 25.0 Å². The molecule has 0 rings (SSSR count). The van der Waals surface area contributed by atoms with E-state index < -0.39 is 12.3 Å². The molecule has 0 unspecified atom stereocenters. The molecule has 0 aromatic carbocycles. The average Bonchev–Trinajstić information content (AvgIpc) is 1.25. The van der Waals surface area contributed by atoms with E-state index in [0.29, 0.717) is 0 Å². The minimum Gasteiger partial charge on any atom is -0.565 e. The van der Waals surface area contributed by atoms with Crippen LogP contribution in [0.5, 0.6) is 0 Å². The van der Waals surface area contributed by atoms with Crippen molar-refractivity contribution in [2.24, 2.45) is 0 Å². The first-order valence-corrected chi connectivity index (χ1v) is 1.26. The molecule has 0 radical (unpaired) electrons. The van der Waals surface area contributed by atoms with Crippen molar-refractivity contribution in [3.63, 3.8) is 0 Å². The van der Waals surface area contributed by atoms with Crippen molar-refractivity contribution in [3.05, 3.63) is 0 Å². The largest absolute Gasteiger partial charge is 2.00 e. The van der Waals surface area contributed by atoms with Crippen molar-refractivity contribution >= 4 is 12.3 Å². The smallest absolute Gasteiger partial charge is 0.565 e. The quantitative estimate of drug-likeness (QED) is 0.401. The Balaban J connectivity index is -0.0000000300. The fourth-order valence-electron chi connectivity index (χ4n) is 0. The van der Waals surface area contributed by atoms with Gasteiger partial charge < -0.3 is 35.5 Å². The van der Waals surface area contributed by atoms with Crippen LogP contribution in [-0.2, 0) is 19.5 Å². The van der Waals surface area contributed by atoms with Crippen molar-refractivity contribution in [1.82, 2.24) is 0 Å². The first-order valence-electron chi connectivity index (χ1n) is 1.26. The predicted molar refractivity (Wildman–Crippen MR) is 19.7 cm³/mol. The van der Waals surface area contributed by atoms with Gasteiger partial charge in [-0.2, -0.15) is 0 Å². The van der Waals surface area contributed by atoms with Gasteiger partial charge in [-0.1, -0.05) is 0 Å². The molecule has 0 aliphatic rings. The molecule has 0 fully saturated rings. The van der Waals surface area contributed by atoms with E-state index in [1.165, 1.54) is 0 Å².